The molecule has 0 aliphatic carbocycles. The van der Waals surface area contributed by atoms with Crippen LogP contribution in [0.1, 0.15) is 30.3 Å². The fraction of sp³-hybridized carbons (Fsp3) is 0.353. The molecule has 1 saturated heterocycles. The van der Waals surface area contributed by atoms with Crippen LogP contribution in [-0.4, -0.2) is 34.1 Å². The fourth-order valence-corrected chi connectivity index (χ4v) is 2.58. The number of benzene rings is 1. The summed E-state index contributed by atoms with van der Waals surface area (Å²) in [5.41, 5.74) is 2.24. The first-order chi connectivity index (χ1) is 10.2. The quantitative estimate of drug-likeness (QED) is 0.850. The Morgan fingerprint density at radius 2 is 1.76 bits per heavy atom. The van der Waals surface area contributed by atoms with Gasteiger partial charge in [-0.3, -0.25) is 4.79 Å². The molecule has 1 aliphatic rings. The minimum absolute atomic E-state index is 0.00554. The lowest BCUT2D eigenvalue weighted by Gasteiger charge is -2.29. The van der Waals surface area contributed by atoms with Crippen LogP contribution in [0.2, 0.25) is 0 Å². The number of amides is 1. The zero-order valence-electron chi connectivity index (χ0n) is 12.2. The van der Waals surface area contributed by atoms with E-state index in [0.29, 0.717) is 11.6 Å². The number of carbonyl (C=O) groups is 1. The molecule has 0 saturated carbocycles. The Bertz CT molecular complexity index is 602. The van der Waals surface area contributed by atoms with Crippen LogP contribution in [0.5, 0.6) is 0 Å². The Morgan fingerprint density at radius 1 is 1.05 bits per heavy atom. The van der Waals surface area contributed by atoms with Crippen molar-refractivity contribution in [2.45, 2.75) is 19.8 Å². The zero-order chi connectivity index (χ0) is 14.7. The van der Waals surface area contributed by atoms with E-state index in [1.807, 2.05) is 41.3 Å². The molecule has 0 N–H and O–H groups in total. The van der Waals surface area contributed by atoms with E-state index in [9.17, 15) is 4.79 Å². The molecule has 1 aromatic carbocycles. The Balaban J connectivity index is 1.73. The first-order valence-electron chi connectivity index (χ1n) is 7.42. The van der Waals surface area contributed by atoms with Crippen LogP contribution in [0, 0.1) is 5.92 Å². The molecule has 2 heterocycles. The zero-order valence-corrected chi connectivity index (χ0v) is 12.2. The molecule has 0 unspecified atom stereocenters. The molecule has 108 valence electrons. The van der Waals surface area contributed by atoms with Crippen molar-refractivity contribution in [2.75, 3.05) is 13.1 Å². The van der Waals surface area contributed by atoms with Gasteiger partial charge in [-0.1, -0.05) is 37.3 Å². The molecule has 2 aromatic rings. The first kappa shape index (κ1) is 13.7. The third-order valence-corrected chi connectivity index (χ3v) is 4.02. The van der Waals surface area contributed by atoms with Crippen molar-refractivity contribution in [1.29, 1.82) is 0 Å². The molecule has 1 fully saturated rings. The van der Waals surface area contributed by atoms with Gasteiger partial charge in [0.25, 0.3) is 5.91 Å². The van der Waals surface area contributed by atoms with Crippen molar-refractivity contribution in [3.05, 3.63) is 48.2 Å². The van der Waals surface area contributed by atoms with Gasteiger partial charge in [0.1, 0.15) is 0 Å². The monoisotopic (exact) mass is 281 g/mol. The Labute approximate surface area is 124 Å². The topological polar surface area (TPSA) is 46.1 Å². The maximum atomic E-state index is 12.4. The lowest BCUT2D eigenvalue weighted by Crippen LogP contribution is -2.38. The minimum Gasteiger partial charge on any atom is -0.337 e. The minimum atomic E-state index is -0.00554. The molecule has 0 radical (unpaired) electrons. The highest BCUT2D eigenvalue weighted by molar-refractivity contribution is 5.92. The average molecular weight is 281 g/mol. The lowest BCUT2D eigenvalue weighted by atomic mass is 9.99. The van der Waals surface area contributed by atoms with Gasteiger partial charge >= 0.3 is 0 Å². The van der Waals surface area contributed by atoms with E-state index in [0.717, 1.165) is 37.2 Å². The van der Waals surface area contributed by atoms with E-state index < -0.39 is 0 Å². The average Bonchev–Trinajstić information content (AvgIpc) is 2.56. The SMILES string of the molecule is CC1CCN(C(=O)c2ccc(-c3ccccc3)nn2)CC1. The van der Waals surface area contributed by atoms with Crippen molar-refractivity contribution in [2.24, 2.45) is 5.92 Å². The van der Waals surface area contributed by atoms with Crippen molar-refractivity contribution in [3.63, 3.8) is 0 Å². The van der Waals surface area contributed by atoms with E-state index >= 15 is 0 Å². The summed E-state index contributed by atoms with van der Waals surface area (Å²) in [6, 6.07) is 13.5. The summed E-state index contributed by atoms with van der Waals surface area (Å²) in [5.74, 6) is 0.703. The number of aromatic nitrogens is 2. The molecule has 0 atom stereocenters. The Kier molecular flexibility index (Phi) is 3.95. The van der Waals surface area contributed by atoms with E-state index in [4.69, 9.17) is 0 Å². The largest absolute Gasteiger partial charge is 0.337 e. The van der Waals surface area contributed by atoms with Crippen molar-refractivity contribution in [1.82, 2.24) is 15.1 Å². The van der Waals surface area contributed by atoms with Gasteiger partial charge in [-0.25, -0.2) is 0 Å². The molecule has 4 nitrogen and oxygen atoms in total. The number of hydrogen-bond donors (Lipinski definition) is 0. The molecule has 1 amide bonds. The van der Waals surface area contributed by atoms with Gasteiger partial charge in [0.2, 0.25) is 0 Å². The summed E-state index contributed by atoms with van der Waals surface area (Å²) in [4.78, 5) is 14.3. The number of likely N-dealkylation sites (tertiary alicyclic amines) is 1. The van der Waals surface area contributed by atoms with Crippen LogP contribution >= 0.6 is 0 Å². The third kappa shape index (κ3) is 3.10. The molecular formula is C17H19N3O. The Morgan fingerprint density at radius 3 is 2.38 bits per heavy atom. The van der Waals surface area contributed by atoms with Crippen LogP contribution in [0.15, 0.2) is 42.5 Å². The van der Waals surface area contributed by atoms with Gasteiger partial charge in [-0.15, -0.1) is 10.2 Å². The van der Waals surface area contributed by atoms with E-state index in [1.165, 1.54) is 0 Å². The highest BCUT2D eigenvalue weighted by atomic mass is 16.2. The number of rotatable bonds is 2. The molecule has 3 rings (SSSR count). The Hall–Kier alpha value is -2.23. The summed E-state index contributed by atoms with van der Waals surface area (Å²) < 4.78 is 0. The smallest absolute Gasteiger partial charge is 0.274 e. The highest BCUT2D eigenvalue weighted by Crippen LogP contribution is 2.19. The molecular weight excluding hydrogens is 262 g/mol. The summed E-state index contributed by atoms with van der Waals surface area (Å²) in [7, 11) is 0. The molecule has 1 aromatic heterocycles. The van der Waals surface area contributed by atoms with Gasteiger partial charge < -0.3 is 4.90 Å². The molecule has 4 heteroatoms. The number of piperidine rings is 1. The summed E-state index contributed by atoms with van der Waals surface area (Å²) >= 11 is 0. The van der Waals surface area contributed by atoms with E-state index in [2.05, 4.69) is 17.1 Å². The van der Waals surface area contributed by atoms with E-state index in [1.54, 1.807) is 6.07 Å². The number of nitrogens with zero attached hydrogens (tertiary/aromatic N) is 3. The predicted molar refractivity (Wildman–Crippen MR) is 81.8 cm³/mol. The van der Waals surface area contributed by atoms with E-state index in [-0.39, 0.29) is 5.91 Å². The normalized spacial score (nSPS) is 16.0. The van der Waals surface area contributed by atoms with Gasteiger partial charge in [-0.05, 0) is 30.9 Å². The fourth-order valence-electron chi connectivity index (χ4n) is 2.58. The van der Waals surface area contributed by atoms with Gasteiger partial charge in [-0.2, -0.15) is 0 Å². The van der Waals surface area contributed by atoms with Crippen LogP contribution in [0.3, 0.4) is 0 Å². The second-order valence-electron chi connectivity index (χ2n) is 5.64. The summed E-state index contributed by atoms with van der Waals surface area (Å²) in [6.45, 7) is 3.88. The van der Waals surface area contributed by atoms with Crippen LogP contribution in [-0.2, 0) is 0 Å². The second kappa shape index (κ2) is 6.04. The maximum absolute atomic E-state index is 12.4. The highest BCUT2D eigenvalue weighted by Gasteiger charge is 2.22. The molecule has 0 spiro atoms. The van der Waals surface area contributed by atoms with Crippen LogP contribution < -0.4 is 0 Å². The first-order valence-corrected chi connectivity index (χ1v) is 7.42. The molecule has 0 bridgehead atoms. The molecule has 21 heavy (non-hydrogen) atoms. The maximum Gasteiger partial charge on any atom is 0.274 e. The number of hydrogen-bond acceptors (Lipinski definition) is 3. The summed E-state index contributed by atoms with van der Waals surface area (Å²) in [6.07, 6.45) is 2.14. The standard InChI is InChI=1S/C17H19N3O/c1-13-9-11-20(12-10-13)17(21)16-8-7-15(18-19-16)14-5-3-2-4-6-14/h2-8,13H,9-12H2,1H3. The van der Waals surface area contributed by atoms with Gasteiger partial charge in [0.05, 0.1) is 5.69 Å². The van der Waals surface area contributed by atoms with Crippen molar-refractivity contribution < 1.29 is 4.79 Å². The third-order valence-electron chi connectivity index (χ3n) is 4.02. The second-order valence-corrected chi connectivity index (χ2v) is 5.64. The summed E-state index contributed by atoms with van der Waals surface area (Å²) in [5, 5.41) is 8.29. The van der Waals surface area contributed by atoms with Gasteiger partial charge in [0, 0.05) is 18.7 Å². The van der Waals surface area contributed by atoms with Gasteiger partial charge in [0.15, 0.2) is 5.69 Å². The predicted octanol–water partition coefficient (Wildman–Crippen LogP) is 3.02. The van der Waals surface area contributed by atoms with Crippen molar-refractivity contribution in [3.8, 4) is 11.3 Å². The van der Waals surface area contributed by atoms with Crippen LogP contribution in [0.25, 0.3) is 11.3 Å². The van der Waals surface area contributed by atoms with Crippen LogP contribution in [0.4, 0.5) is 0 Å². The number of carbonyl (C=O) groups excluding carboxylic acids is 1. The lowest BCUT2D eigenvalue weighted by molar-refractivity contribution is 0.0690. The molecule has 1 aliphatic heterocycles. The van der Waals surface area contributed by atoms with Crippen molar-refractivity contribution >= 4 is 5.91 Å².